The van der Waals surface area contributed by atoms with Gasteiger partial charge in [-0.1, -0.05) is 29.8 Å². The second-order valence-electron chi connectivity index (χ2n) is 4.43. The van der Waals surface area contributed by atoms with Gasteiger partial charge in [0, 0.05) is 5.41 Å². The average Bonchev–Trinajstić information content (AvgIpc) is 2.46. The number of sulfone groups is 1. The summed E-state index contributed by atoms with van der Waals surface area (Å²) in [6.45, 7) is 1.92. The van der Waals surface area contributed by atoms with Gasteiger partial charge < -0.3 is 4.74 Å². The van der Waals surface area contributed by atoms with E-state index in [0.29, 0.717) is 4.90 Å². The molecule has 0 aromatic heterocycles. The number of methoxy groups -OCH3 is 1. The molecule has 2 aromatic rings. The molecular formula is C16H16O3S. The first-order valence-electron chi connectivity index (χ1n) is 6.15. The summed E-state index contributed by atoms with van der Waals surface area (Å²) in [5.41, 5.74) is 1.84. The Balaban J connectivity index is 2.22. The van der Waals surface area contributed by atoms with Crippen LogP contribution in [0.2, 0.25) is 0 Å². The minimum Gasteiger partial charge on any atom is -0.497 e. The highest BCUT2D eigenvalue weighted by molar-refractivity contribution is 7.94. The van der Waals surface area contributed by atoms with Crippen LogP contribution in [0.3, 0.4) is 0 Å². The molecule has 0 N–H and O–H groups in total. The van der Waals surface area contributed by atoms with Crippen molar-refractivity contribution in [3.63, 3.8) is 0 Å². The molecule has 20 heavy (non-hydrogen) atoms. The molecule has 0 saturated heterocycles. The number of hydrogen-bond donors (Lipinski definition) is 0. The van der Waals surface area contributed by atoms with E-state index >= 15 is 0 Å². The van der Waals surface area contributed by atoms with E-state index in [4.69, 9.17) is 4.74 Å². The maximum absolute atomic E-state index is 12.1. The summed E-state index contributed by atoms with van der Waals surface area (Å²) in [7, 11) is -1.81. The van der Waals surface area contributed by atoms with Crippen LogP contribution in [-0.2, 0) is 9.84 Å². The molecule has 4 heteroatoms. The van der Waals surface area contributed by atoms with Gasteiger partial charge >= 0.3 is 0 Å². The molecule has 0 heterocycles. The average molecular weight is 288 g/mol. The van der Waals surface area contributed by atoms with Crippen molar-refractivity contribution in [1.82, 2.24) is 0 Å². The first kappa shape index (κ1) is 14.3. The van der Waals surface area contributed by atoms with Crippen LogP contribution in [-0.4, -0.2) is 15.5 Å². The van der Waals surface area contributed by atoms with Gasteiger partial charge in [0.15, 0.2) is 9.84 Å². The highest BCUT2D eigenvalue weighted by Crippen LogP contribution is 2.16. The van der Waals surface area contributed by atoms with Gasteiger partial charge in [0.25, 0.3) is 0 Å². The monoisotopic (exact) mass is 288 g/mol. The number of benzene rings is 2. The molecule has 0 aliphatic carbocycles. The van der Waals surface area contributed by atoms with E-state index in [1.54, 1.807) is 61.7 Å². The highest BCUT2D eigenvalue weighted by Gasteiger charge is 2.09. The molecule has 0 fully saturated rings. The van der Waals surface area contributed by atoms with Crippen LogP contribution >= 0.6 is 0 Å². The fourth-order valence-corrected chi connectivity index (χ4v) is 2.70. The lowest BCUT2D eigenvalue weighted by molar-refractivity contribution is 0.415. The Morgan fingerprint density at radius 2 is 1.55 bits per heavy atom. The van der Waals surface area contributed by atoms with E-state index in [-0.39, 0.29) is 0 Å². The minimum atomic E-state index is -3.40. The maximum atomic E-state index is 12.1. The van der Waals surface area contributed by atoms with Crippen molar-refractivity contribution in [2.45, 2.75) is 11.8 Å². The summed E-state index contributed by atoms with van der Waals surface area (Å²) < 4.78 is 29.3. The van der Waals surface area contributed by atoms with Crippen LogP contribution in [0.15, 0.2) is 58.8 Å². The Bertz CT molecular complexity index is 696. The molecule has 104 valence electrons. The zero-order valence-electron chi connectivity index (χ0n) is 11.4. The van der Waals surface area contributed by atoms with Crippen LogP contribution in [0.1, 0.15) is 11.1 Å². The van der Waals surface area contributed by atoms with E-state index in [9.17, 15) is 8.42 Å². The standard InChI is InChI=1S/C16H16O3S/c1-13-3-9-16(10-4-13)20(17,18)12-11-14-5-7-15(19-2)8-6-14/h3-12H,1-2H3/b12-11+. The van der Waals surface area contributed by atoms with E-state index in [1.807, 2.05) is 6.92 Å². The molecule has 0 saturated carbocycles. The third-order valence-corrected chi connectivity index (χ3v) is 4.33. The second kappa shape index (κ2) is 5.92. The third-order valence-electron chi connectivity index (χ3n) is 2.90. The van der Waals surface area contributed by atoms with Crippen molar-refractivity contribution in [3.8, 4) is 5.75 Å². The number of ether oxygens (including phenoxy) is 1. The highest BCUT2D eigenvalue weighted by atomic mass is 32.2. The van der Waals surface area contributed by atoms with Crippen LogP contribution in [0.4, 0.5) is 0 Å². The summed E-state index contributed by atoms with van der Waals surface area (Å²) in [5, 5.41) is 1.22. The van der Waals surface area contributed by atoms with Crippen LogP contribution in [0.5, 0.6) is 5.75 Å². The Morgan fingerprint density at radius 1 is 0.950 bits per heavy atom. The van der Waals surface area contributed by atoms with Crippen LogP contribution in [0.25, 0.3) is 6.08 Å². The first-order chi connectivity index (χ1) is 9.51. The molecule has 2 rings (SSSR count). The molecule has 0 amide bonds. The van der Waals surface area contributed by atoms with Crippen molar-refractivity contribution in [3.05, 3.63) is 65.1 Å². The zero-order chi connectivity index (χ0) is 14.6. The van der Waals surface area contributed by atoms with Crippen molar-refractivity contribution in [2.75, 3.05) is 7.11 Å². The van der Waals surface area contributed by atoms with Gasteiger partial charge in [0.05, 0.1) is 12.0 Å². The predicted molar refractivity (Wildman–Crippen MR) is 80.4 cm³/mol. The fourth-order valence-electron chi connectivity index (χ4n) is 1.69. The number of hydrogen-bond acceptors (Lipinski definition) is 3. The van der Waals surface area contributed by atoms with E-state index in [0.717, 1.165) is 16.9 Å². The Hall–Kier alpha value is -2.07. The Kier molecular flexibility index (Phi) is 4.25. The third kappa shape index (κ3) is 3.48. The maximum Gasteiger partial charge on any atom is 0.199 e. The minimum absolute atomic E-state index is 0.299. The molecule has 0 bridgehead atoms. The molecule has 3 nitrogen and oxygen atoms in total. The van der Waals surface area contributed by atoms with Gasteiger partial charge in [0.1, 0.15) is 5.75 Å². The summed E-state index contributed by atoms with van der Waals surface area (Å²) in [6.07, 6.45) is 1.58. The largest absolute Gasteiger partial charge is 0.497 e. The number of aryl methyl sites for hydroxylation is 1. The summed E-state index contributed by atoms with van der Waals surface area (Å²) in [4.78, 5) is 0.299. The normalized spacial score (nSPS) is 11.7. The SMILES string of the molecule is COc1ccc(/C=C/S(=O)(=O)c2ccc(C)cc2)cc1. The number of rotatable bonds is 4. The van der Waals surface area contributed by atoms with Gasteiger partial charge in [-0.3, -0.25) is 0 Å². The van der Waals surface area contributed by atoms with Crippen molar-refractivity contribution < 1.29 is 13.2 Å². The van der Waals surface area contributed by atoms with Gasteiger partial charge in [-0.25, -0.2) is 8.42 Å². The second-order valence-corrected chi connectivity index (χ2v) is 6.27. The van der Waals surface area contributed by atoms with Gasteiger partial charge in [-0.15, -0.1) is 0 Å². The van der Waals surface area contributed by atoms with Crippen molar-refractivity contribution in [2.24, 2.45) is 0 Å². The van der Waals surface area contributed by atoms with Crippen LogP contribution in [0, 0.1) is 6.92 Å². The topological polar surface area (TPSA) is 43.4 Å². The lowest BCUT2D eigenvalue weighted by Crippen LogP contribution is -1.95. The van der Waals surface area contributed by atoms with Crippen molar-refractivity contribution >= 4 is 15.9 Å². The molecule has 0 atom stereocenters. The molecule has 0 radical (unpaired) electrons. The van der Waals surface area contributed by atoms with Gasteiger partial charge in [0.2, 0.25) is 0 Å². The Labute approximate surface area is 119 Å². The summed E-state index contributed by atoms with van der Waals surface area (Å²) >= 11 is 0. The first-order valence-corrected chi connectivity index (χ1v) is 7.70. The van der Waals surface area contributed by atoms with Gasteiger partial charge in [-0.2, -0.15) is 0 Å². The molecule has 0 aliphatic rings. The lowest BCUT2D eigenvalue weighted by atomic mass is 10.2. The molecule has 2 aromatic carbocycles. The zero-order valence-corrected chi connectivity index (χ0v) is 12.2. The quantitative estimate of drug-likeness (QED) is 0.865. The lowest BCUT2D eigenvalue weighted by Gasteiger charge is -2.01. The van der Waals surface area contributed by atoms with E-state index in [1.165, 1.54) is 5.41 Å². The molecule has 0 spiro atoms. The van der Waals surface area contributed by atoms with Gasteiger partial charge in [-0.05, 0) is 42.8 Å². The summed E-state index contributed by atoms with van der Waals surface area (Å²) in [5.74, 6) is 0.739. The molecule has 0 aliphatic heterocycles. The van der Waals surface area contributed by atoms with Crippen LogP contribution < -0.4 is 4.74 Å². The smallest absolute Gasteiger partial charge is 0.199 e. The van der Waals surface area contributed by atoms with Crippen molar-refractivity contribution in [1.29, 1.82) is 0 Å². The molecular weight excluding hydrogens is 272 g/mol. The van der Waals surface area contributed by atoms with E-state index in [2.05, 4.69) is 0 Å². The van der Waals surface area contributed by atoms with E-state index < -0.39 is 9.84 Å². The Morgan fingerprint density at radius 3 is 2.10 bits per heavy atom. The fraction of sp³-hybridized carbons (Fsp3) is 0.125. The predicted octanol–water partition coefficient (Wildman–Crippen LogP) is 3.45. The summed E-state index contributed by atoms with van der Waals surface area (Å²) in [6, 6.07) is 14.0. The molecule has 0 unspecified atom stereocenters.